The first-order chi connectivity index (χ1) is 8.22. The number of nitrogens with one attached hydrogen (secondary N) is 1. The number of hydrogen-bond acceptors (Lipinski definition) is 3. The van der Waals surface area contributed by atoms with E-state index in [1.807, 2.05) is 23.9 Å². The number of hydrazine groups is 1. The summed E-state index contributed by atoms with van der Waals surface area (Å²) in [4.78, 5) is 0. The maximum absolute atomic E-state index is 13.6. The van der Waals surface area contributed by atoms with Crippen LogP contribution in [0.1, 0.15) is 36.4 Å². The van der Waals surface area contributed by atoms with Gasteiger partial charge in [-0.15, -0.1) is 0 Å². The molecule has 4 heteroatoms. The molecule has 3 N–H and O–H groups in total. The van der Waals surface area contributed by atoms with Gasteiger partial charge in [-0.1, -0.05) is 18.6 Å². The summed E-state index contributed by atoms with van der Waals surface area (Å²) in [6.45, 7) is 1.78. The Morgan fingerprint density at radius 3 is 2.88 bits per heavy atom. The smallest absolute Gasteiger partial charge is 0.126 e. The first kappa shape index (κ1) is 12.9. The summed E-state index contributed by atoms with van der Waals surface area (Å²) in [5.41, 5.74) is 4.48. The third-order valence-corrected chi connectivity index (χ3v) is 4.78. The van der Waals surface area contributed by atoms with Gasteiger partial charge in [0.05, 0.1) is 6.04 Å². The molecule has 0 radical (unpaired) electrons. The van der Waals surface area contributed by atoms with Crippen LogP contribution < -0.4 is 11.3 Å². The molecule has 2 nitrogen and oxygen atoms in total. The van der Waals surface area contributed by atoms with Crippen LogP contribution in [0.3, 0.4) is 0 Å². The third kappa shape index (κ3) is 3.00. The van der Waals surface area contributed by atoms with Crippen LogP contribution in [0.4, 0.5) is 4.39 Å². The minimum Gasteiger partial charge on any atom is -0.271 e. The Kier molecular flexibility index (Phi) is 4.42. The van der Waals surface area contributed by atoms with E-state index < -0.39 is 0 Å². The van der Waals surface area contributed by atoms with Crippen molar-refractivity contribution in [2.45, 2.75) is 37.5 Å². The van der Waals surface area contributed by atoms with E-state index in [9.17, 15) is 4.39 Å². The molecule has 0 aromatic heterocycles. The molecule has 1 saturated heterocycles. The highest BCUT2D eigenvalue weighted by Gasteiger charge is 2.25. The Labute approximate surface area is 106 Å². The van der Waals surface area contributed by atoms with Crippen molar-refractivity contribution in [1.82, 2.24) is 5.43 Å². The van der Waals surface area contributed by atoms with Crippen molar-refractivity contribution in [3.63, 3.8) is 0 Å². The van der Waals surface area contributed by atoms with Gasteiger partial charge in [0, 0.05) is 5.25 Å². The van der Waals surface area contributed by atoms with Crippen LogP contribution in [-0.4, -0.2) is 11.0 Å². The van der Waals surface area contributed by atoms with Crippen molar-refractivity contribution < 1.29 is 4.39 Å². The van der Waals surface area contributed by atoms with Gasteiger partial charge in [0.2, 0.25) is 0 Å². The van der Waals surface area contributed by atoms with Crippen molar-refractivity contribution in [1.29, 1.82) is 0 Å². The summed E-state index contributed by atoms with van der Waals surface area (Å²) in [6.07, 6.45) is 3.67. The molecular weight excluding hydrogens is 235 g/mol. The molecule has 1 aliphatic heterocycles. The topological polar surface area (TPSA) is 38.0 Å². The molecule has 0 aliphatic carbocycles. The van der Waals surface area contributed by atoms with E-state index in [-0.39, 0.29) is 11.9 Å². The monoisotopic (exact) mass is 254 g/mol. The number of halogens is 1. The molecular formula is C13H19FN2S. The Hall–Kier alpha value is -0.580. The average Bonchev–Trinajstić information content (AvgIpc) is 2.36. The van der Waals surface area contributed by atoms with Gasteiger partial charge in [-0.05, 0) is 42.7 Å². The zero-order chi connectivity index (χ0) is 12.3. The number of benzene rings is 1. The highest BCUT2D eigenvalue weighted by molar-refractivity contribution is 8.00. The summed E-state index contributed by atoms with van der Waals surface area (Å²) in [5, 5.41) is 0.454. The first-order valence-corrected chi connectivity index (χ1v) is 7.11. The summed E-state index contributed by atoms with van der Waals surface area (Å²) >= 11 is 1.94. The zero-order valence-corrected chi connectivity index (χ0v) is 10.9. The molecule has 0 amide bonds. The van der Waals surface area contributed by atoms with Crippen molar-refractivity contribution in [2.75, 3.05) is 5.75 Å². The molecule has 0 bridgehead atoms. The summed E-state index contributed by atoms with van der Waals surface area (Å²) in [7, 11) is 0. The molecule has 2 atom stereocenters. The van der Waals surface area contributed by atoms with Gasteiger partial charge >= 0.3 is 0 Å². The lowest BCUT2D eigenvalue weighted by atomic mass is 9.99. The second-order valence-corrected chi connectivity index (χ2v) is 5.91. The van der Waals surface area contributed by atoms with E-state index in [1.54, 1.807) is 13.0 Å². The van der Waals surface area contributed by atoms with Gasteiger partial charge in [-0.2, -0.15) is 11.8 Å². The number of aryl methyl sites for hydroxylation is 1. The van der Waals surface area contributed by atoms with E-state index in [0.717, 1.165) is 12.0 Å². The number of nitrogens with two attached hydrogens (primary N) is 1. The molecule has 1 aromatic carbocycles. The SMILES string of the molecule is Cc1ccc(C(NN)C2CCCCS2)cc1F. The zero-order valence-electron chi connectivity index (χ0n) is 10.1. The Morgan fingerprint density at radius 1 is 1.47 bits per heavy atom. The average molecular weight is 254 g/mol. The van der Waals surface area contributed by atoms with Gasteiger partial charge in [0.25, 0.3) is 0 Å². The largest absolute Gasteiger partial charge is 0.271 e. The second-order valence-electron chi connectivity index (χ2n) is 4.56. The summed E-state index contributed by atoms with van der Waals surface area (Å²) in [5.74, 6) is 6.67. The Morgan fingerprint density at radius 2 is 2.29 bits per heavy atom. The summed E-state index contributed by atoms with van der Waals surface area (Å²) in [6, 6.07) is 5.45. The Bertz CT molecular complexity index is 378. The highest BCUT2D eigenvalue weighted by atomic mass is 32.2. The number of rotatable bonds is 3. The van der Waals surface area contributed by atoms with E-state index >= 15 is 0 Å². The Balaban J connectivity index is 2.18. The third-order valence-electron chi connectivity index (χ3n) is 3.32. The van der Waals surface area contributed by atoms with E-state index in [0.29, 0.717) is 10.8 Å². The molecule has 0 spiro atoms. The van der Waals surface area contributed by atoms with Crippen LogP contribution in [0.15, 0.2) is 18.2 Å². The normalized spacial score (nSPS) is 22.4. The van der Waals surface area contributed by atoms with Crippen LogP contribution >= 0.6 is 11.8 Å². The lowest BCUT2D eigenvalue weighted by Gasteiger charge is -2.29. The van der Waals surface area contributed by atoms with Crippen molar-refractivity contribution in [2.24, 2.45) is 5.84 Å². The first-order valence-electron chi connectivity index (χ1n) is 6.06. The quantitative estimate of drug-likeness (QED) is 0.643. The molecule has 1 aliphatic rings. The molecule has 1 heterocycles. The highest BCUT2D eigenvalue weighted by Crippen LogP contribution is 2.34. The fraction of sp³-hybridized carbons (Fsp3) is 0.538. The van der Waals surface area contributed by atoms with Crippen LogP contribution in [-0.2, 0) is 0 Å². The minimum absolute atomic E-state index is 0.0513. The predicted octanol–water partition coefficient (Wildman–Crippen LogP) is 2.92. The standard InChI is InChI=1S/C13H19FN2S/c1-9-5-6-10(8-11(9)14)13(16-15)12-4-2-3-7-17-12/h5-6,8,12-13,16H,2-4,7,15H2,1H3. The molecule has 0 saturated carbocycles. The lowest BCUT2D eigenvalue weighted by Crippen LogP contribution is -2.36. The van der Waals surface area contributed by atoms with Crippen molar-refractivity contribution in [3.05, 3.63) is 35.1 Å². The molecule has 2 rings (SSSR count). The van der Waals surface area contributed by atoms with Gasteiger partial charge in [-0.25, -0.2) is 4.39 Å². The maximum Gasteiger partial charge on any atom is 0.126 e. The summed E-state index contributed by atoms with van der Waals surface area (Å²) < 4.78 is 13.6. The minimum atomic E-state index is -0.149. The lowest BCUT2D eigenvalue weighted by molar-refractivity contribution is 0.488. The van der Waals surface area contributed by atoms with Crippen LogP contribution in [0.5, 0.6) is 0 Å². The molecule has 94 valence electrons. The van der Waals surface area contributed by atoms with Gasteiger partial charge < -0.3 is 0 Å². The van der Waals surface area contributed by atoms with E-state index in [4.69, 9.17) is 5.84 Å². The number of hydrogen-bond donors (Lipinski definition) is 2. The van der Waals surface area contributed by atoms with Gasteiger partial charge in [0.1, 0.15) is 5.82 Å². The maximum atomic E-state index is 13.6. The van der Waals surface area contributed by atoms with Gasteiger partial charge in [0.15, 0.2) is 0 Å². The number of thioether (sulfide) groups is 1. The van der Waals surface area contributed by atoms with Crippen LogP contribution in [0.2, 0.25) is 0 Å². The van der Waals surface area contributed by atoms with Crippen LogP contribution in [0.25, 0.3) is 0 Å². The molecule has 2 unspecified atom stereocenters. The fourth-order valence-corrected chi connectivity index (χ4v) is 3.68. The molecule has 1 aromatic rings. The van der Waals surface area contributed by atoms with Crippen molar-refractivity contribution in [3.8, 4) is 0 Å². The van der Waals surface area contributed by atoms with Gasteiger partial charge in [-0.3, -0.25) is 11.3 Å². The fourth-order valence-electron chi connectivity index (χ4n) is 2.25. The molecule has 17 heavy (non-hydrogen) atoms. The molecule has 1 fully saturated rings. The predicted molar refractivity (Wildman–Crippen MR) is 71.3 cm³/mol. The van der Waals surface area contributed by atoms with Crippen molar-refractivity contribution >= 4 is 11.8 Å². The van der Waals surface area contributed by atoms with E-state index in [2.05, 4.69) is 5.43 Å². The second kappa shape index (κ2) is 5.85. The van der Waals surface area contributed by atoms with Crippen LogP contribution in [0, 0.1) is 12.7 Å². The van der Waals surface area contributed by atoms with E-state index in [1.165, 1.54) is 18.6 Å².